The van der Waals surface area contributed by atoms with Crippen LogP contribution in [0.1, 0.15) is 37.0 Å². The molecule has 0 aliphatic heterocycles. The Hall–Kier alpha value is -4.40. The summed E-state index contributed by atoms with van der Waals surface area (Å²) in [6.07, 6.45) is 1.08. The molecule has 0 aliphatic carbocycles. The van der Waals surface area contributed by atoms with E-state index in [-0.39, 0.29) is 42.3 Å². The molecule has 0 heterocycles. The Morgan fingerprint density at radius 2 is 1.74 bits per heavy atom. The van der Waals surface area contributed by atoms with Crippen LogP contribution in [0.5, 0.6) is 11.5 Å². The normalized spacial score (nSPS) is 12.2. The van der Waals surface area contributed by atoms with E-state index >= 15 is 0 Å². The van der Waals surface area contributed by atoms with Crippen LogP contribution in [0, 0.1) is 17.0 Å². The molecule has 206 valence electrons. The number of rotatable bonds is 13. The van der Waals surface area contributed by atoms with Crippen molar-refractivity contribution in [1.29, 1.82) is 0 Å². The van der Waals surface area contributed by atoms with Crippen molar-refractivity contribution in [1.82, 2.24) is 10.2 Å². The number of aryl methyl sites for hydroxylation is 1. The minimum Gasteiger partial charge on any atom is -0.490 e. The Labute approximate surface area is 228 Å². The topological polar surface area (TPSA) is 111 Å². The summed E-state index contributed by atoms with van der Waals surface area (Å²) < 4.78 is 10.8. The Morgan fingerprint density at radius 3 is 2.38 bits per heavy atom. The number of nitrogens with one attached hydrogen (secondary N) is 1. The highest BCUT2D eigenvalue weighted by atomic mass is 16.6. The standard InChI is InChI=1S/C30H35N3O6/c1-5-22(3)31-30(35)27(17-23-11-7-6-8-12-23)32(19-24-13-9-10-21(2)16-24)29(34)20-39-25-14-15-26(33(36)37)28(18-25)38-4/h6-16,18,22,27H,5,17,19-20H2,1-4H3,(H,31,35). The quantitative estimate of drug-likeness (QED) is 0.249. The second-order valence-corrected chi connectivity index (χ2v) is 9.41. The van der Waals surface area contributed by atoms with Crippen LogP contribution in [0.3, 0.4) is 0 Å². The van der Waals surface area contributed by atoms with Gasteiger partial charge in [0.15, 0.2) is 6.61 Å². The zero-order valence-corrected chi connectivity index (χ0v) is 22.8. The molecule has 0 saturated carbocycles. The summed E-state index contributed by atoms with van der Waals surface area (Å²) in [5.74, 6) is -0.373. The number of benzene rings is 3. The van der Waals surface area contributed by atoms with Gasteiger partial charge in [-0.05, 0) is 37.5 Å². The first-order valence-electron chi connectivity index (χ1n) is 12.9. The van der Waals surface area contributed by atoms with Crippen molar-refractivity contribution < 1.29 is 24.0 Å². The monoisotopic (exact) mass is 533 g/mol. The molecule has 0 spiro atoms. The highest BCUT2D eigenvalue weighted by Gasteiger charge is 2.31. The number of nitro groups is 1. The third-order valence-electron chi connectivity index (χ3n) is 6.42. The summed E-state index contributed by atoms with van der Waals surface area (Å²) in [6, 6.07) is 20.5. The van der Waals surface area contributed by atoms with E-state index in [1.54, 1.807) is 4.90 Å². The van der Waals surface area contributed by atoms with Gasteiger partial charge in [-0.15, -0.1) is 0 Å². The molecule has 9 nitrogen and oxygen atoms in total. The second kappa shape index (κ2) is 13.9. The van der Waals surface area contributed by atoms with Crippen LogP contribution in [0.25, 0.3) is 0 Å². The molecule has 3 aromatic carbocycles. The minimum atomic E-state index is -0.788. The van der Waals surface area contributed by atoms with Crippen LogP contribution in [-0.4, -0.2) is 47.4 Å². The van der Waals surface area contributed by atoms with E-state index in [9.17, 15) is 19.7 Å². The predicted molar refractivity (Wildman–Crippen MR) is 149 cm³/mol. The van der Waals surface area contributed by atoms with Crippen molar-refractivity contribution >= 4 is 17.5 Å². The molecule has 2 atom stereocenters. The SMILES string of the molecule is CCC(C)NC(=O)C(Cc1ccccc1)N(Cc1cccc(C)c1)C(=O)COc1ccc([N+](=O)[O-])c(OC)c1. The van der Waals surface area contributed by atoms with Crippen LogP contribution in [0.2, 0.25) is 0 Å². The van der Waals surface area contributed by atoms with E-state index < -0.39 is 16.9 Å². The molecule has 1 N–H and O–H groups in total. The van der Waals surface area contributed by atoms with Crippen LogP contribution in [0.4, 0.5) is 5.69 Å². The van der Waals surface area contributed by atoms with Gasteiger partial charge in [0.25, 0.3) is 5.91 Å². The van der Waals surface area contributed by atoms with E-state index in [2.05, 4.69) is 5.32 Å². The third kappa shape index (κ3) is 8.29. The molecule has 0 bridgehead atoms. The van der Waals surface area contributed by atoms with Gasteiger partial charge < -0.3 is 19.7 Å². The lowest BCUT2D eigenvalue weighted by Crippen LogP contribution is -2.53. The molecule has 0 aromatic heterocycles. The van der Waals surface area contributed by atoms with Gasteiger partial charge in [0.1, 0.15) is 11.8 Å². The van der Waals surface area contributed by atoms with Gasteiger partial charge in [-0.3, -0.25) is 19.7 Å². The highest BCUT2D eigenvalue weighted by Crippen LogP contribution is 2.30. The van der Waals surface area contributed by atoms with E-state index in [0.717, 1.165) is 23.1 Å². The number of hydrogen-bond donors (Lipinski definition) is 1. The van der Waals surface area contributed by atoms with E-state index in [4.69, 9.17) is 9.47 Å². The smallest absolute Gasteiger partial charge is 0.311 e. The zero-order valence-electron chi connectivity index (χ0n) is 22.8. The van der Waals surface area contributed by atoms with Gasteiger partial charge in [0.05, 0.1) is 12.0 Å². The van der Waals surface area contributed by atoms with E-state index in [0.29, 0.717) is 6.42 Å². The average molecular weight is 534 g/mol. The highest BCUT2D eigenvalue weighted by molar-refractivity contribution is 5.88. The number of carbonyl (C=O) groups is 2. The fourth-order valence-electron chi connectivity index (χ4n) is 4.13. The van der Waals surface area contributed by atoms with Crippen LogP contribution in [-0.2, 0) is 22.6 Å². The predicted octanol–water partition coefficient (Wildman–Crippen LogP) is 4.85. The molecule has 39 heavy (non-hydrogen) atoms. The molecular weight excluding hydrogens is 498 g/mol. The lowest BCUT2D eigenvalue weighted by Gasteiger charge is -2.32. The second-order valence-electron chi connectivity index (χ2n) is 9.41. The summed E-state index contributed by atoms with van der Waals surface area (Å²) in [5.41, 5.74) is 2.64. The van der Waals surface area contributed by atoms with Crippen molar-refractivity contribution in [3.63, 3.8) is 0 Å². The summed E-state index contributed by atoms with van der Waals surface area (Å²) in [6.45, 7) is 5.72. The molecule has 3 rings (SSSR count). The maximum Gasteiger partial charge on any atom is 0.311 e. The Kier molecular flexibility index (Phi) is 10.4. The van der Waals surface area contributed by atoms with E-state index in [1.807, 2.05) is 75.4 Å². The maximum absolute atomic E-state index is 13.7. The van der Waals surface area contributed by atoms with Crippen molar-refractivity contribution in [2.24, 2.45) is 0 Å². The summed E-state index contributed by atoms with van der Waals surface area (Å²) >= 11 is 0. The number of nitrogens with zero attached hydrogens (tertiary/aromatic N) is 2. The maximum atomic E-state index is 13.7. The first kappa shape index (κ1) is 29.2. The molecule has 0 aliphatic rings. The molecular formula is C30H35N3O6. The third-order valence-corrected chi connectivity index (χ3v) is 6.42. The van der Waals surface area contributed by atoms with Crippen molar-refractivity contribution in [3.8, 4) is 11.5 Å². The molecule has 2 unspecified atom stereocenters. The Bertz CT molecular complexity index is 1280. The number of carbonyl (C=O) groups excluding carboxylic acids is 2. The first-order chi connectivity index (χ1) is 18.7. The van der Waals surface area contributed by atoms with Gasteiger partial charge in [-0.2, -0.15) is 0 Å². The Balaban J connectivity index is 1.92. The van der Waals surface area contributed by atoms with Crippen molar-refractivity contribution in [3.05, 3.63) is 99.6 Å². The van der Waals surface area contributed by atoms with Crippen molar-refractivity contribution in [2.75, 3.05) is 13.7 Å². The molecule has 0 fully saturated rings. The number of nitro benzene ring substituents is 1. The molecule has 9 heteroatoms. The molecule has 3 aromatic rings. The van der Waals surface area contributed by atoms with Gasteiger partial charge >= 0.3 is 5.69 Å². The number of ether oxygens (including phenoxy) is 2. The lowest BCUT2D eigenvalue weighted by atomic mass is 10.0. The van der Waals surface area contributed by atoms with Gasteiger partial charge in [0.2, 0.25) is 11.7 Å². The molecule has 2 amide bonds. The average Bonchev–Trinajstić information content (AvgIpc) is 2.93. The number of amides is 2. The van der Waals surface area contributed by atoms with Gasteiger partial charge in [0, 0.05) is 31.1 Å². The summed E-state index contributed by atoms with van der Waals surface area (Å²) in [5, 5.41) is 14.3. The fraction of sp³-hybridized carbons (Fsp3) is 0.333. The van der Waals surface area contributed by atoms with Gasteiger partial charge in [-0.25, -0.2) is 0 Å². The fourth-order valence-corrected chi connectivity index (χ4v) is 4.13. The van der Waals surface area contributed by atoms with Gasteiger partial charge in [-0.1, -0.05) is 67.1 Å². The Morgan fingerprint density at radius 1 is 1.03 bits per heavy atom. The summed E-state index contributed by atoms with van der Waals surface area (Å²) in [4.78, 5) is 39.5. The van der Waals surface area contributed by atoms with Crippen LogP contribution >= 0.6 is 0 Å². The first-order valence-corrected chi connectivity index (χ1v) is 12.9. The van der Waals surface area contributed by atoms with Crippen molar-refractivity contribution in [2.45, 2.75) is 52.2 Å². The van der Waals surface area contributed by atoms with Crippen LogP contribution < -0.4 is 14.8 Å². The van der Waals surface area contributed by atoms with E-state index in [1.165, 1.54) is 25.3 Å². The number of hydrogen-bond acceptors (Lipinski definition) is 6. The molecule has 0 saturated heterocycles. The minimum absolute atomic E-state index is 0.0245. The zero-order chi connectivity index (χ0) is 28.4. The number of methoxy groups -OCH3 is 1. The van der Waals surface area contributed by atoms with Crippen LogP contribution in [0.15, 0.2) is 72.8 Å². The summed E-state index contributed by atoms with van der Waals surface area (Å²) in [7, 11) is 1.32. The molecule has 0 radical (unpaired) electrons. The lowest BCUT2D eigenvalue weighted by molar-refractivity contribution is -0.385. The largest absolute Gasteiger partial charge is 0.490 e.